The Morgan fingerprint density at radius 1 is 1.16 bits per heavy atom. The van der Waals surface area contributed by atoms with Gasteiger partial charge in [0.05, 0.1) is 15.6 Å². The number of non-ortho nitro benzene ring substituents is 1. The van der Waals surface area contributed by atoms with Crippen LogP contribution in [-0.4, -0.2) is 21.9 Å². The predicted molar refractivity (Wildman–Crippen MR) is 118 cm³/mol. The highest BCUT2D eigenvalue weighted by Crippen LogP contribution is 2.29. The SMILES string of the molecule is O=C1NC(=S)N(c2ccc(F)c(Cl)c2)C(=O)/C1=C/c1ccc(-c2cccc([N+](=O)[O-])c2)o1. The molecule has 0 saturated carbocycles. The summed E-state index contributed by atoms with van der Waals surface area (Å²) in [5.41, 5.74) is 0.239. The van der Waals surface area contributed by atoms with E-state index in [2.05, 4.69) is 5.32 Å². The van der Waals surface area contributed by atoms with Crippen LogP contribution in [0.4, 0.5) is 15.8 Å². The Labute approximate surface area is 190 Å². The average Bonchev–Trinajstić information content (AvgIpc) is 3.22. The number of nitro benzene ring substituents is 1. The molecule has 0 radical (unpaired) electrons. The third-order valence-corrected chi connectivity index (χ3v) is 5.09. The zero-order chi connectivity index (χ0) is 23.0. The zero-order valence-electron chi connectivity index (χ0n) is 15.9. The van der Waals surface area contributed by atoms with Crippen molar-refractivity contribution in [3.8, 4) is 11.3 Å². The number of hydrogen-bond acceptors (Lipinski definition) is 6. The normalized spacial score (nSPS) is 15.2. The van der Waals surface area contributed by atoms with E-state index >= 15 is 0 Å². The van der Waals surface area contributed by atoms with E-state index in [4.69, 9.17) is 28.2 Å². The summed E-state index contributed by atoms with van der Waals surface area (Å²) in [6.45, 7) is 0. The van der Waals surface area contributed by atoms with Gasteiger partial charge in [0.25, 0.3) is 17.5 Å². The molecule has 0 atom stereocenters. The molecule has 11 heteroatoms. The van der Waals surface area contributed by atoms with Crippen molar-refractivity contribution >= 4 is 58.2 Å². The second-order valence-electron chi connectivity index (χ2n) is 6.57. The minimum atomic E-state index is -0.755. The first-order chi connectivity index (χ1) is 15.2. The van der Waals surface area contributed by atoms with Crippen LogP contribution in [0.5, 0.6) is 0 Å². The molecule has 1 aliphatic heterocycles. The van der Waals surface area contributed by atoms with E-state index in [1.165, 1.54) is 42.5 Å². The molecule has 2 heterocycles. The van der Waals surface area contributed by atoms with Crippen molar-refractivity contribution in [1.29, 1.82) is 0 Å². The Hall–Kier alpha value is -3.89. The fourth-order valence-corrected chi connectivity index (χ4v) is 3.47. The molecule has 3 aromatic rings. The van der Waals surface area contributed by atoms with Gasteiger partial charge in [-0.3, -0.25) is 29.9 Å². The summed E-state index contributed by atoms with van der Waals surface area (Å²) in [7, 11) is 0. The van der Waals surface area contributed by atoms with Crippen molar-refractivity contribution in [3.63, 3.8) is 0 Å². The van der Waals surface area contributed by atoms with Crippen molar-refractivity contribution in [2.24, 2.45) is 0 Å². The summed E-state index contributed by atoms with van der Waals surface area (Å²) >= 11 is 10.9. The summed E-state index contributed by atoms with van der Waals surface area (Å²) < 4.78 is 19.2. The first kappa shape index (κ1) is 21.3. The van der Waals surface area contributed by atoms with Crippen LogP contribution in [0.25, 0.3) is 17.4 Å². The summed E-state index contributed by atoms with van der Waals surface area (Å²) in [4.78, 5) is 36.9. The number of halogens is 2. The molecule has 2 amide bonds. The van der Waals surface area contributed by atoms with E-state index in [1.807, 2.05) is 0 Å². The minimum Gasteiger partial charge on any atom is -0.457 e. The van der Waals surface area contributed by atoms with Crippen LogP contribution in [0.1, 0.15) is 5.76 Å². The molecule has 0 spiro atoms. The molecule has 2 aromatic carbocycles. The molecular weight excluding hydrogens is 461 g/mol. The monoisotopic (exact) mass is 471 g/mol. The molecule has 4 rings (SSSR count). The Morgan fingerprint density at radius 2 is 1.94 bits per heavy atom. The number of carbonyl (C=O) groups is 2. The van der Waals surface area contributed by atoms with Crippen molar-refractivity contribution < 1.29 is 23.3 Å². The van der Waals surface area contributed by atoms with Gasteiger partial charge < -0.3 is 4.42 Å². The van der Waals surface area contributed by atoms with Crippen LogP contribution in [-0.2, 0) is 9.59 Å². The lowest BCUT2D eigenvalue weighted by Gasteiger charge is -2.28. The summed E-state index contributed by atoms with van der Waals surface area (Å²) in [6, 6.07) is 12.5. The number of furan rings is 1. The standard InChI is InChI=1S/C21H11ClFN3O5S/c22-16-9-12(4-6-17(16)23)25-20(28)15(19(27)24-21(25)32)10-14-5-7-18(31-14)11-2-1-3-13(8-11)26(29)30/h1-10H,(H,24,27,32)/b15-10+. The highest BCUT2D eigenvalue weighted by molar-refractivity contribution is 7.80. The molecule has 160 valence electrons. The van der Waals surface area contributed by atoms with Gasteiger partial charge in [-0.15, -0.1) is 0 Å². The maximum Gasteiger partial charge on any atom is 0.270 e. The van der Waals surface area contributed by atoms with Crippen molar-refractivity contribution in [3.05, 3.63) is 86.9 Å². The number of nitrogens with zero attached hydrogens (tertiary/aromatic N) is 2. The first-order valence-corrected chi connectivity index (χ1v) is 9.74. The van der Waals surface area contributed by atoms with Crippen LogP contribution < -0.4 is 10.2 Å². The quantitative estimate of drug-likeness (QED) is 0.198. The van der Waals surface area contributed by atoms with Gasteiger partial charge in [-0.2, -0.15) is 0 Å². The van der Waals surface area contributed by atoms with Crippen LogP contribution >= 0.6 is 23.8 Å². The number of carbonyl (C=O) groups excluding carboxylic acids is 2. The second kappa shape index (κ2) is 8.33. The van der Waals surface area contributed by atoms with Gasteiger partial charge in [0.15, 0.2) is 5.11 Å². The van der Waals surface area contributed by atoms with Crippen LogP contribution in [0.3, 0.4) is 0 Å². The molecule has 0 bridgehead atoms. The lowest BCUT2D eigenvalue weighted by Crippen LogP contribution is -2.54. The van der Waals surface area contributed by atoms with Crippen LogP contribution in [0.2, 0.25) is 5.02 Å². The molecule has 0 aliphatic carbocycles. The first-order valence-electron chi connectivity index (χ1n) is 8.96. The van der Waals surface area contributed by atoms with E-state index in [-0.39, 0.29) is 32.8 Å². The lowest BCUT2D eigenvalue weighted by molar-refractivity contribution is -0.384. The molecule has 1 fully saturated rings. The van der Waals surface area contributed by atoms with E-state index in [1.54, 1.807) is 12.1 Å². The Morgan fingerprint density at radius 3 is 2.66 bits per heavy atom. The minimum absolute atomic E-state index is 0.109. The molecular formula is C21H11ClFN3O5S. The molecule has 1 N–H and O–H groups in total. The largest absolute Gasteiger partial charge is 0.457 e. The molecule has 1 aliphatic rings. The van der Waals surface area contributed by atoms with Crippen molar-refractivity contribution in [1.82, 2.24) is 5.32 Å². The zero-order valence-corrected chi connectivity index (χ0v) is 17.4. The molecule has 1 saturated heterocycles. The number of hydrogen-bond donors (Lipinski definition) is 1. The lowest BCUT2D eigenvalue weighted by atomic mass is 10.1. The van der Waals surface area contributed by atoms with Crippen molar-refractivity contribution in [2.75, 3.05) is 4.90 Å². The van der Waals surface area contributed by atoms with Gasteiger partial charge in [-0.05, 0) is 48.6 Å². The third-order valence-electron chi connectivity index (χ3n) is 4.52. The van der Waals surface area contributed by atoms with E-state index < -0.39 is 22.6 Å². The highest BCUT2D eigenvalue weighted by atomic mass is 35.5. The maximum atomic E-state index is 13.5. The molecule has 32 heavy (non-hydrogen) atoms. The Bertz CT molecular complexity index is 1340. The topological polar surface area (TPSA) is 106 Å². The second-order valence-corrected chi connectivity index (χ2v) is 7.36. The van der Waals surface area contributed by atoms with E-state index in [9.17, 15) is 24.1 Å². The molecule has 1 aromatic heterocycles. The summed E-state index contributed by atoms with van der Waals surface area (Å²) in [5, 5.41) is 13.0. The van der Waals surface area contributed by atoms with Gasteiger partial charge >= 0.3 is 0 Å². The average molecular weight is 472 g/mol. The fourth-order valence-electron chi connectivity index (χ4n) is 3.02. The summed E-state index contributed by atoms with van der Waals surface area (Å²) in [6.07, 6.45) is 1.22. The van der Waals surface area contributed by atoms with Gasteiger partial charge in [-0.25, -0.2) is 4.39 Å². The van der Waals surface area contributed by atoms with E-state index in [0.29, 0.717) is 11.3 Å². The van der Waals surface area contributed by atoms with Gasteiger partial charge in [0, 0.05) is 17.7 Å². The van der Waals surface area contributed by atoms with Gasteiger partial charge in [0.1, 0.15) is 22.9 Å². The number of thiocarbonyl (C=S) groups is 1. The smallest absolute Gasteiger partial charge is 0.270 e. The fraction of sp³-hybridized carbons (Fsp3) is 0. The number of nitro groups is 1. The Balaban J connectivity index is 1.67. The summed E-state index contributed by atoms with van der Waals surface area (Å²) in [5.74, 6) is -1.70. The number of nitrogens with one attached hydrogen (secondary N) is 1. The van der Waals surface area contributed by atoms with Gasteiger partial charge in [0.2, 0.25) is 0 Å². The number of benzene rings is 2. The predicted octanol–water partition coefficient (Wildman–Crippen LogP) is 4.48. The number of amides is 2. The van der Waals surface area contributed by atoms with Crippen LogP contribution in [0, 0.1) is 15.9 Å². The van der Waals surface area contributed by atoms with Crippen molar-refractivity contribution in [2.45, 2.75) is 0 Å². The number of anilines is 1. The Kier molecular flexibility index (Phi) is 5.56. The molecule has 0 unspecified atom stereocenters. The van der Waals surface area contributed by atoms with Crippen LogP contribution in [0.15, 0.2) is 64.6 Å². The number of rotatable bonds is 4. The van der Waals surface area contributed by atoms with Gasteiger partial charge in [-0.1, -0.05) is 23.7 Å². The molecule has 8 nitrogen and oxygen atoms in total. The highest BCUT2D eigenvalue weighted by Gasteiger charge is 2.35. The third kappa shape index (κ3) is 4.01. The maximum absolute atomic E-state index is 13.5. The van der Waals surface area contributed by atoms with E-state index in [0.717, 1.165) is 11.0 Å².